The third kappa shape index (κ3) is 1.93. The average molecular weight is 250 g/mol. The Hall–Kier alpha value is -2.09. The van der Waals surface area contributed by atoms with Crippen molar-refractivity contribution < 1.29 is 0 Å². The summed E-state index contributed by atoms with van der Waals surface area (Å²) >= 11 is 0. The number of rotatable bonds is 1. The van der Waals surface area contributed by atoms with Gasteiger partial charge in [-0.15, -0.1) is 0 Å². The van der Waals surface area contributed by atoms with E-state index in [9.17, 15) is 0 Å². The molecule has 0 atom stereocenters. The molecule has 3 aromatic rings. The maximum Gasteiger partial charge on any atom is 0.137 e. The molecule has 0 bridgehead atoms. The molecule has 0 fully saturated rings. The van der Waals surface area contributed by atoms with Crippen molar-refractivity contribution >= 4 is 5.65 Å². The highest BCUT2D eigenvalue weighted by molar-refractivity contribution is 5.70. The number of pyridine rings is 1. The third-order valence-electron chi connectivity index (χ3n) is 3.63. The Morgan fingerprint density at radius 2 is 1.63 bits per heavy atom. The van der Waals surface area contributed by atoms with E-state index < -0.39 is 0 Å². The molecule has 2 nitrogen and oxygen atoms in total. The Morgan fingerprint density at radius 1 is 0.947 bits per heavy atom. The standard InChI is InChI=1S/C17H18N2/c1-11-8-12(2)17(13(3)9-11)15-10-19-14(4)6-5-7-16(19)18-15/h5-10H,1-4H3. The van der Waals surface area contributed by atoms with Crippen molar-refractivity contribution in [1.29, 1.82) is 0 Å². The highest BCUT2D eigenvalue weighted by atomic mass is 15.0. The van der Waals surface area contributed by atoms with Gasteiger partial charge in [0.05, 0.1) is 5.69 Å². The molecule has 0 aliphatic carbocycles. The fraction of sp³-hybridized carbons (Fsp3) is 0.235. The molecule has 0 saturated heterocycles. The minimum Gasteiger partial charge on any atom is -0.304 e. The molecule has 0 saturated carbocycles. The van der Waals surface area contributed by atoms with Crippen LogP contribution in [0.5, 0.6) is 0 Å². The number of hydrogen-bond donors (Lipinski definition) is 0. The SMILES string of the molecule is Cc1cc(C)c(-c2cn3c(C)cccc3n2)c(C)c1. The van der Waals surface area contributed by atoms with Gasteiger partial charge in [0, 0.05) is 17.5 Å². The van der Waals surface area contributed by atoms with Crippen LogP contribution >= 0.6 is 0 Å². The molecular weight excluding hydrogens is 232 g/mol. The monoisotopic (exact) mass is 250 g/mol. The molecule has 3 rings (SSSR count). The van der Waals surface area contributed by atoms with Gasteiger partial charge in [0.25, 0.3) is 0 Å². The first-order valence-corrected chi connectivity index (χ1v) is 6.59. The van der Waals surface area contributed by atoms with E-state index in [1.165, 1.54) is 27.9 Å². The maximum atomic E-state index is 4.76. The first-order chi connectivity index (χ1) is 9.06. The van der Waals surface area contributed by atoms with Crippen molar-refractivity contribution in [3.05, 3.63) is 58.9 Å². The Balaban J connectivity index is 2.28. The summed E-state index contributed by atoms with van der Waals surface area (Å²) in [5.41, 5.74) is 8.42. The van der Waals surface area contributed by atoms with Crippen LogP contribution in [0.15, 0.2) is 36.5 Å². The van der Waals surface area contributed by atoms with E-state index in [0.717, 1.165) is 11.3 Å². The first kappa shape index (κ1) is 12.0. The van der Waals surface area contributed by atoms with E-state index in [0.29, 0.717) is 0 Å². The summed E-state index contributed by atoms with van der Waals surface area (Å²) in [6.45, 7) is 8.56. The second-order valence-corrected chi connectivity index (χ2v) is 5.30. The average Bonchev–Trinajstić information content (AvgIpc) is 2.72. The van der Waals surface area contributed by atoms with Crippen LogP contribution in [-0.2, 0) is 0 Å². The predicted molar refractivity (Wildman–Crippen MR) is 79.6 cm³/mol. The van der Waals surface area contributed by atoms with Crippen molar-refractivity contribution in [3.63, 3.8) is 0 Å². The van der Waals surface area contributed by atoms with Crippen LogP contribution in [0.2, 0.25) is 0 Å². The largest absolute Gasteiger partial charge is 0.304 e. The summed E-state index contributed by atoms with van der Waals surface area (Å²) in [5.74, 6) is 0. The van der Waals surface area contributed by atoms with Gasteiger partial charge >= 0.3 is 0 Å². The lowest BCUT2D eigenvalue weighted by Gasteiger charge is -2.08. The van der Waals surface area contributed by atoms with Crippen LogP contribution in [0.4, 0.5) is 0 Å². The van der Waals surface area contributed by atoms with Crippen LogP contribution in [0.3, 0.4) is 0 Å². The molecule has 0 aliphatic heterocycles. The molecule has 0 spiro atoms. The van der Waals surface area contributed by atoms with Gasteiger partial charge < -0.3 is 4.40 Å². The van der Waals surface area contributed by atoms with Gasteiger partial charge in [0.2, 0.25) is 0 Å². The molecule has 1 aromatic carbocycles. The highest BCUT2D eigenvalue weighted by Gasteiger charge is 2.11. The lowest BCUT2D eigenvalue weighted by atomic mass is 9.98. The number of aromatic nitrogens is 2. The molecule has 0 radical (unpaired) electrons. The van der Waals surface area contributed by atoms with Crippen LogP contribution in [-0.4, -0.2) is 9.38 Å². The fourth-order valence-electron chi connectivity index (χ4n) is 2.85. The smallest absolute Gasteiger partial charge is 0.137 e. The Labute approximate surface area is 113 Å². The Morgan fingerprint density at radius 3 is 2.26 bits per heavy atom. The summed E-state index contributed by atoms with van der Waals surface area (Å²) in [6, 6.07) is 10.7. The normalized spacial score (nSPS) is 11.2. The molecule has 2 heterocycles. The molecule has 0 amide bonds. The quantitative estimate of drug-likeness (QED) is 0.631. The van der Waals surface area contributed by atoms with E-state index in [-0.39, 0.29) is 0 Å². The molecule has 2 aromatic heterocycles. The minimum absolute atomic E-state index is 1.01. The van der Waals surface area contributed by atoms with E-state index in [4.69, 9.17) is 4.98 Å². The van der Waals surface area contributed by atoms with E-state index in [1.54, 1.807) is 0 Å². The van der Waals surface area contributed by atoms with Gasteiger partial charge in [-0.05, 0) is 51.0 Å². The molecule has 0 N–H and O–H groups in total. The third-order valence-corrected chi connectivity index (χ3v) is 3.63. The maximum absolute atomic E-state index is 4.76. The number of benzene rings is 1. The number of hydrogen-bond acceptors (Lipinski definition) is 1. The fourth-order valence-corrected chi connectivity index (χ4v) is 2.85. The van der Waals surface area contributed by atoms with E-state index in [1.807, 2.05) is 0 Å². The molecule has 19 heavy (non-hydrogen) atoms. The van der Waals surface area contributed by atoms with Crippen molar-refractivity contribution in [2.75, 3.05) is 0 Å². The van der Waals surface area contributed by atoms with Gasteiger partial charge in [0.15, 0.2) is 0 Å². The van der Waals surface area contributed by atoms with Crippen molar-refractivity contribution in [1.82, 2.24) is 9.38 Å². The van der Waals surface area contributed by atoms with E-state index in [2.05, 4.69) is 68.6 Å². The zero-order valence-electron chi connectivity index (χ0n) is 11.9. The Kier molecular flexibility index (Phi) is 2.67. The van der Waals surface area contributed by atoms with Gasteiger partial charge in [-0.25, -0.2) is 4.98 Å². The molecule has 96 valence electrons. The van der Waals surface area contributed by atoms with Crippen LogP contribution < -0.4 is 0 Å². The number of fused-ring (bicyclic) bond motifs is 1. The number of aryl methyl sites for hydroxylation is 4. The van der Waals surface area contributed by atoms with Gasteiger partial charge in [-0.1, -0.05) is 23.8 Å². The van der Waals surface area contributed by atoms with Crippen LogP contribution in [0, 0.1) is 27.7 Å². The Bertz CT molecular complexity index is 743. The topological polar surface area (TPSA) is 17.3 Å². The number of nitrogens with zero attached hydrogens (tertiary/aromatic N) is 2. The predicted octanol–water partition coefficient (Wildman–Crippen LogP) is 4.23. The number of imidazole rings is 1. The summed E-state index contributed by atoms with van der Waals surface area (Å²) in [5, 5.41) is 0. The van der Waals surface area contributed by atoms with Crippen LogP contribution in [0.25, 0.3) is 16.9 Å². The lowest BCUT2D eigenvalue weighted by Crippen LogP contribution is -1.90. The van der Waals surface area contributed by atoms with Crippen molar-refractivity contribution in [2.45, 2.75) is 27.7 Å². The molecular formula is C17H18N2. The lowest BCUT2D eigenvalue weighted by molar-refractivity contribution is 1.09. The zero-order chi connectivity index (χ0) is 13.6. The zero-order valence-corrected chi connectivity index (χ0v) is 11.9. The van der Waals surface area contributed by atoms with Crippen LogP contribution in [0.1, 0.15) is 22.4 Å². The second-order valence-electron chi connectivity index (χ2n) is 5.30. The first-order valence-electron chi connectivity index (χ1n) is 6.59. The van der Waals surface area contributed by atoms with Crippen molar-refractivity contribution in [3.8, 4) is 11.3 Å². The van der Waals surface area contributed by atoms with Gasteiger partial charge in [0.1, 0.15) is 5.65 Å². The molecule has 2 heteroatoms. The van der Waals surface area contributed by atoms with Gasteiger partial charge in [-0.2, -0.15) is 0 Å². The van der Waals surface area contributed by atoms with Gasteiger partial charge in [-0.3, -0.25) is 0 Å². The molecule has 0 aliphatic rings. The summed E-state index contributed by atoms with van der Waals surface area (Å²) in [4.78, 5) is 4.76. The minimum atomic E-state index is 1.01. The summed E-state index contributed by atoms with van der Waals surface area (Å²) in [6.07, 6.45) is 2.13. The van der Waals surface area contributed by atoms with E-state index >= 15 is 0 Å². The van der Waals surface area contributed by atoms with Crippen molar-refractivity contribution in [2.24, 2.45) is 0 Å². The second kappa shape index (κ2) is 4.23. The summed E-state index contributed by atoms with van der Waals surface area (Å²) in [7, 11) is 0. The summed E-state index contributed by atoms with van der Waals surface area (Å²) < 4.78 is 2.15. The molecule has 0 unspecified atom stereocenters. The highest BCUT2D eigenvalue weighted by Crippen LogP contribution is 2.28.